The number of piperazine rings is 1. The summed E-state index contributed by atoms with van der Waals surface area (Å²) in [4.78, 5) is 12.2. The molecule has 7 heteroatoms. The van der Waals surface area contributed by atoms with Crippen LogP contribution in [0.2, 0.25) is 0 Å². The average molecular weight is 385 g/mol. The molecule has 0 spiro atoms. The summed E-state index contributed by atoms with van der Waals surface area (Å²) in [5.74, 6) is 0.709. The molecule has 27 heavy (non-hydrogen) atoms. The molecule has 142 valence electrons. The number of nitrogens with one attached hydrogen (secondary N) is 2. The number of nitrogens with zero attached hydrogens (tertiary/aromatic N) is 4. The van der Waals surface area contributed by atoms with Crippen molar-refractivity contribution in [3.8, 4) is 0 Å². The molecule has 0 unspecified atom stereocenters. The zero-order valence-electron chi connectivity index (χ0n) is 16.3. The lowest BCUT2D eigenvalue weighted by Gasteiger charge is -2.30. The molecule has 6 nitrogen and oxygen atoms in total. The Balaban J connectivity index is 1.44. The van der Waals surface area contributed by atoms with Crippen LogP contribution in [-0.4, -0.2) is 45.3 Å². The Bertz CT molecular complexity index is 1010. The van der Waals surface area contributed by atoms with Crippen molar-refractivity contribution in [1.29, 1.82) is 0 Å². The van der Waals surface area contributed by atoms with Crippen LogP contribution in [0.25, 0.3) is 5.78 Å². The van der Waals surface area contributed by atoms with Crippen LogP contribution in [0.15, 0.2) is 30.3 Å². The highest BCUT2D eigenvalue weighted by molar-refractivity contribution is 7.71. The standard InChI is InChI=1S/C20H26N6S/c1-15-6-4-5-7-18(15)13-23-8-10-24(11-9-23)14-25-20(27)22-19-21-16(2)12-17(3)26(19)25/h4-7,12H,8-11,13-14H2,1-3H3/p+2. The van der Waals surface area contributed by atoms with E-state index in [9.17, 15) is 0 Å². The maximum atomic E-state index is 5.52. The fraction of sp³-hybridized carbons (Fsp3) is 0.450. The smallest absolute Gasteiger partial charge is 0.252 e. The molecule has 0 aliphatic carbocycles. The average Bonchev–Trinajstić information content (AvgIpc) is 2.94. The Kier molecular flexibility index (Phi) is 5.08. The lowest BCUT2D eigenvalue weighted by Crippen LogP contribution is -3.27. The zero-order chi connectivity index (χ0) is 19.0. The van der Waals surface area contributed by atoms with E-state index < -0.39 is 0 Å². The highest BCUT2D eigenvalue weighted by Crippen LogP contribution is 2.06. The fourth-order valence-electron chi connectivity index (χ4n) is 4.08. The molecule has 3 heterocycles. The van der Waals surface area contributed by atoms with E-state index in [4.69, 9.17) is 12.2 Å². The predicted molar refractivity (Wildman–Crippen MR) is 108 cm³/mol. The molecule has 0 radical (unpaired) electrons. The molecule has 2 aromatic heterocycles. The second-order valence-electron chi connectivity index (χ2n) is 7.71. The molecule has 0 saturated carbocycles. The Morgan fingerprint density at radius 1 is 1.00 bits per heavy atom. The van der Waals surface area contributed by atoms with Gasteiger partial charge in [-0.25, -0.2) is 14.2 Å². The summed E-state index contributed by atoms with van der Waals surface area (Å²) in [5.41, 5.74) is 4.98. The number of quaternary nitrogens is 2. The number of hydrogen-bond donors (Lipinski definition) is 2. The largest absolute Gasteiger partial charge is 0.322 e. The van der Waals surface area contributed by atoms with Crippen LogP contribution < -0.4 is 9.80 Å². The first-order valence-corrected chi connectivity index (χ1v) is 10.1. The lowest BCUT2D eigenvalue weighted by molar-refractivity contribution is -1.03. The molecule has 1 fully saturated rings. The third kappa shape index (κ3) is 3.81. The van der Waals surface area contributed by atoms with Crippen molar-refractivity contribution in [2.24, 2.45) is 0 Å². The van der Waals surface area contributed by atoms with Crippen molar-refractivity contribution >= 4 is 18.0 Å². The van der Waals surface area contributed by atoms with Gasteiger partial charge in [0.05, 0.1) is 0 Å². The van der Waals surface area contributed by atoms with Gasteiger partial charge in [-0.3, -0.25) is 0 Å². The van der Waals surface area contributed by atoms with Crippen LogP contribution >= 0.6 is 12.2 Å². The number of hydrogen-bond acceptors (Lipinski definition) is 3. The van der Waals surface area contributed by atoms with Gasteiger partial charge >= 0.3 is 0 Å². The maximum Gasteiger partial charge on any atom is 0.252 e. The maximum absolute atomic E-state index is 5.52. The van der Waals surface area contributed by atoms with Crippen LogP contribution in [0.4, 0.5) is 0 Å². The summed E-state index contributed by atoms with van der Waals surface area (Å²) in [7, 11) is 0. The Hall–Kier alpha value is -2.09. The van der Waals surface area contributed by atoms with Gasteiger partial charge < -0.3 is 9.80 Å². The minimum atomic E-state index is 0.624. The van der Waals surface area contributed by atoms with E-state index >= 15 is 0 Å². The molecule has 1 saturated heterocycles. The first kappa shape index (κ1) is 18.3. The van der Waals surface area contributed by atoms with Gasteiger partial charge in [-0.2, -0.15) is 4.98 Å². The first-order valence-electron chi connectivity index (χ1n) is 9.67. The van der Waals surface area contributed by atoms with E-state index in [1.807, 2.05) is 6.92 Å². The van der Waals surface area contributed by atoms with E-state index in [2.05, 4.69) is 63.3 Å². The molecule has 0 bridgehead atoms. The molecule has 0 atom stereocenters. The van der Waals surface area contributed by atoms with E-state index in [1.54, 1.807) is 9.80 Å². The highest BCUT2D eigenvalue weighted by Gasteiger charge is 2.24. The molecule has 1 aliphatic heterocycles. The van der Waals surface area contributed by atoms with Crippen LogP contribution in [0.1, 0.15) is 22.5 Å². The van der Waals surface area contributed by atoms with Gasteiger partial charge in [0.25, 0.3) is 5.78 Å². The number of benzene rings is 1. The minimum absolute atomic E-state index is 0.624. The number of aryl methyl sites for hydroxylation is 3. The van der Waals surface area contributed by atoms with Crippen molar-refractivity contribution in [3.05, 3.63) is 57.6 Å². The minimum Gasteiger partial charge on any atom is -0.322 e. The highest BCUT2D eigenvalue weighted by atomic mass is 32.1. The van der Waals surface area contributed by atoms with E-state index in [0.29, 0.717) is 10.5 Å². The third-order valence-corrected chi connectivity index (χ3v) is 5.92. The summed E-state index contributed by atoms with van der Waals surface area (Å²) in [6, 6.07) is 10.8. The molecule has 1 aromatic carbocycles. The van der Waals surface area contributed by atoms with Gasteiger partial charge in [0.15, 0.2) is 6.67 Å². The quantitative estimate of drug-likeness (QED) is 0.629. The molecule has 2 N–H and O–H groups in total. The van der Waals surface area contributed by atoms with Gasteiger partial charge in [-0.15, -0.1) is 0 Å². The number of fused-ring (bicyclic) bond motifs is 1. The van der Waals surface area contributed by atoms with Crippen molar-refractivity contribution in [2.45, 2.75) is 34.0 Å². The van der Waals surface area contributed by atoms with Gasteiger partial charge in [0, 0.05) is 17.0 Å². The Labute approximate surface area is 165 Å². The summed E-state index contributed by atoms with van der Waals surface area (Å²) >= 11 is 5.52. The van der Waals surface area contributed by atoms with E-state index in [-0.39, 0.29) is 0 Å². The molecule has 4 rings (SSSR count). The molecular weight excluding hydrogens is 356 g/mol. The summed E-state index contributed by atoms with van der Waals surface area (Å²) < 4.78 is 4.79. The fourth-order valence-corrected chi connectivity index (χ4v) is 4.31. The van der Waals surface area contributed by atoms with Crippen molar-refractivity contribution < 1.29 is 9.80 Å². The van der Waals surface area contributed by atoms with Crippen LogP contribution in [0.5, 0.6) is 0 Å². The monoisotopic (exact) mass is 384 g/mol. The van der Waals surface area contributed by atoms with Gasteiger partial charge in [0.2, 0.25) is 4.77 Å². The summed E-state index contributed by atoms with van der Waals surface area (Å²) in [6.07, 6.45) is 0. The lowest BCUT2D eigenvalue weighted by atomic mass is 10.1. The van der Waals surface area contributed by atoms with Crippen molar-refractivity contribution in [2.75, 3.05) is 26.2 Å². The molecule has 0 amide bonds. The molecular formula is C20H28N6S+2. The van der Waals surface area contributed by atoms with Gasteiger partial charge in [-0.05, 0) is 44.6 Å². The molecule has 3 aromatic rings. The zero-order valence-corrected chi connectivity index (χ0v) is 17.1. The van der Waals surface area contributed by atoms with Crippen LogP contribution in [-0.2, 0) is 13.2 Å². The van der Waals surface area contributed by atoms with Crippen LogP contribution in [0.3, 0.4) is 0 Å². The third-order valence-electron chi connectivity index (χ3n) is 5.61. The normalized spacial score (nSPS) is 20.3. The Morgan fingerprint density at radius 3 is 2.44 bits per heavy atom. The summed E-state index contributed by atoms with van der Waals surface area (Å²) in [5, 5.41) is 0. The predicted octanol–water partition coefficient (Wildman–Crippen LogP) is 0.127. The first-order chi connectivity index (χ1) is 13.0. The topological polar surface area (TPSA) is 44.0 Å². The molecule has 1 aliphatic rings. The van der Waals surface area contributed by atoms with Crippen LogP contribution in [0, 0.1) is 25.5 Å². The van der Waals surface area contributed by atoms with E-state index in [1.165, 1.54) is 24.2 Å². The van der Waals surface area contributed by atoms with Crippen molar-refractivity contribution in [1.82, 2.24) is 19.2 Å². The van der Waals surface area contributed by atoms with Gasteiger partial charge in [-0.1, -0.05) is 24.3 Å². The summed E-state index contributed by atoms with van der Waals surface area (Å²) in [6.45, 7) is 12.9. The second kappa shape index (κ2) is 7.50. The van der Waals surface area contributed by atoms with Crippen molar-refractivity contribution in [3.63, 3.8) is 0 Å². The SMILES string of the molecule is Cc1cc(C)n2c(n1)nc(=S)n2C[NH+]1CC[NH+](Cc2ccccc2C)CC1. The Morgan fingerprint density at radius 2 is 1.70 bits per heavy atom. The van der Waals surface area contributed by atoms with E-state index in [0.717, 1.165) is 37.7 Å². The number of rotatable bonds is 4. The van der Waals surface area contributed by atoms with Gasteiger partial charge in [0.1, 0.15) is 32.7 Å². The number of aromatic nitrogens is 4. The second-order valence-corrected chi connectivity index (χ2v) is 8.07.